The molecule has 0 unspecified atom stereocenters. The minimum absolute atomic E-state index is 0.198. The lowest BCUT2D eigenvalue weighted by Crippen LogP contribution is -2.02. The fourth-order valence-electron chi connectivity index (χ4n) is 0.774. The molecule has 0 spiro atoms. The van der Waals surface area contributed by atoms with Crippen molar-refractivity contribution in [1.82, 2.24) is 0 Å². The third-order valence-corrected chi connectivity index (χ3v) is 1.45. The minimum Gasteiger partial charge on any atom is -0.447 e. The molecular formula is C9H16N2O4. The van der Waals surface area contributed by atoms with Crippen LogP contribution in [0.15, 0.2) is 10.2 Å². The Kier molecular flexibility index (Phi) is 8.22. The smallest absolute Gasteiger partial charge is 0.447 e. The van der Waals surface area contributed by atoms with Crippen LogP contribution in [0.2, 0.25) is 0 Å². The van der Waals surface area contributed by atoms with Gasteiger partial charge in [-0.2, -0.15) is 0 Å². The summed E-state index contributed by atoms with van der Waals surface area (Å²) < 4.78 is 9.09. The molecule has 0 bridgehead atoms. The molecule has 0 aliphatic carbocycles. The first-order valence-corrected chi connectivity index (χ1v) is 4.96. The van der Waals surface area contributed by atoms with E-state index in [1.807, 2.05) is 6.92 Å². The van der Waals surface area contributed by atoms with Crippen LogP contribution in [0.1, 0.15) is 33.1 Å². The quantitative estimate of drug-likeness (QED) is 0.522. The van der Waals surface area contributed by atoms with Gasteiger partial charge in [0.15, 0.2) is 0 Å². The van der Waals surface area contributed by atoms with Crippen molar-refractivity contribution in [1.29, 1.82) is 0 Å². The van der Waals surface area contributed by atoms with Gasteiger partial charge in [-0.15, -0.1) is 0 Å². The number of nitrogens with zero attached hydrogens (tertiary/aromatic N) is 2. The van der Waals surface area contributed by atoms with Gasteiger partial charge in [0.1, 0.15) is 0 Å². The molecule has 0 N–H and O–H groups in total. The van der Waals surface area contributed by atoms with Gasteiger partial charge in [0.25, 0.3) is 0 Å². The molecular weight excluding hydrogens is 200 g/mol. The first-order chi connectivity index (χ1) is 7.20. The Bertz CT molecular complexity index is 228. The second kappa shape index (κ2) is 9.11. The summed E-state index contributed by atoms with van der Waals surface area (Å²) in [5, 5.41) is 6.03. The van der Waals surface area contributed by atoms with E-state index in [1.54, 1.807) is 6.92 Å². The molecule has 0 aliphatic heterocycles. The van der Waals surface area contributed by atoms with Gasteiger partial charge in [0.05, 0.1) is 13.2 Å². The predicted molar refractivity (Wildman–Crippen MR) is 52.8 cm³/mol. The van der Waals surface area contributed by atoms with Crippen molar-refractivity contribution in [3.63, 3.8) is 0 Å². The van der Waals surface area contributed by atoms with Crippen molar-refractivity contribution >= 4 is 12.2 Å². The van der Waals surface area contributed by atoms with Crippen LogP contribution in [0.3, 0.4) is 0 Å². The van der Waals surface area contributed by atoms with Gasteiger partial charge in [-0.1, -0.05) is 30.0 Å². The van der Waals surface area contributed by atoms with Crippen molar-refractivity contribution in [2.75, 3.05) is 13.2 Å². The molecule has 0 rings (SSSR count). The Morgan fingerprint density at radius 1 is 1.00 bits per heavy atom. The zero-order valence-electron chi connectivity index (χ0n) is 9.06. The van der Waals surface area contributed by atoms with Crippen molar-refractivity contribution in [2.24, 2.45) is 10.2 Å². The van der Waals surface area contributed by atoms with Crippen LogP contribution in [0.5, 0.6) is 0 Å². The number of ether oxygens (including phenoxy) is 2. The highest BCUT2D eigenvalue weighted by molar-refractivity contribution is 5.73. The Morgan fingerprint density at radius 3 is 2.13 bits per heavy atom. The fraction of sp³-hybridized carbons (Fsp3) is 0.778. The van der Waals surface area contributed by atoms with E-state index in [-0.39, 0.29) is 6.61 Å². The zero-order valence-corrected chi connectivity index (χ0v) is 9.06. The molecule has 0 heterocycles. The molecule has 0 atom stereocenters. The number of carbonyl (C=O) groups is 2. The predicted octanol–water partition coefficient (Wildman–Crippen LogP) is 2.92. The van der Waals surface area contributed by atoms with Crippen LogP contribution in [0.4, 0.5) is 9.59 Å². The third kappa shape index (κ3) is 8.86. The second-order valence-electron chi connectivity index (χ2n) is 2.72. The standard InChI is InChI=1S/C9H16N2O4/c1-3-5-6-7-15-9(13)11-10-8(12)14-4-2/h3-7H2,1-2H3. The molecule has 0 aromatic rings. The minimum atomic E-state index is -0.886. The van der Waals surface area contributed by atoms with Gasteiger partial charge in [0, 0.05) is 0 Å². The SMILES string of the molecule is CCCCCOC(=O)N=NC(=O)OCC. The zero-order chi connectivity index (χ0) is 11.5. The van der Waals surface area contributed by atoms with E-state index in [1.165, 1.54) is 0 Å². The van der Waals surface area contributed by atoms with Crippen molar-refractivity contribution in [2.45, 2.75) is 33.1 Å². The van der Waals surface area contributed by atoms with Crippen LogP contribution >= 0.6 is 0 Å². The summed E-state index contributed by atoms with van der Waals surface area (Å²) in [6, 6.07) is 0. The van der Waals surface area contributed by atoms with E-state index in [0.717, 1.165) is 19.3 Å². The molecule has 6 heteroatoms. The van der Waals surface area contributed by atoms with E-state index in [0.29, 0.717) is 6.61 Å². The van der Waals surface area contributed by atoms with E-state index in [4.69, 9.17) is 0 Å². The number of azo groups is 1. The molecule has 0 fully saturated rings. The molecule has 86 valence electrons. The number of amides is 2. The van der Waals surface area contributed by atoms with Gasteiger partial charge in [-0.3, -0.25) is 0 Å². The number of hydrogen-bond donors (Lipinski definition) is 0. The largest absolute Gasteiger partial charge is 0.452 e. The van der Waals surface area contributed by atoms with Crippen molar-refractivity contribution in [3.05, 3.63) is 0 Å². The Morgan fingerprint density at radius 2 is 1.60 bits per heavy atom. The molecule has 0 radical (unpaired) electrons. The highest BCUT2D eigenvalue weighted by atomic mass is 16.6. The topological polar surface area (TPSA) is 77.3 Å². The Balaban J connectivity index is 3.59. The van der Waals surface area contributed by atoms with Gasteiger partial charge in [-0.25, -0.2) is 9.59 Å². The number of carbonyl (C=O) groups excluding carboxylic acids is 2. The van der Waals surface area contributed by atoms with Crippen molar-refractivity contribution in [3.8, 4) is 0 Å². The molecule has 6 nitrogen and oxygen atoms in total. The maximum Gasteiger partial charge on any atom is 0.452 e. The Labute approximate surface area is 88.7 Å². The molecule has 0 aromatic heterocycles. The fourth-order valence-corrected chi connectivity index (χ4v) is 0.774. The first-order valence-electron chi connectivity index (χ1n) is 4.96. The second-order valence-corrected chi connectivity index (χ2v) is 2.72. The lowest BCUT2D eigenvalue weighted by molar-refractivity contribution is 0.147. The van der Waals surface area contributed by atoms with Gasteiger partial charge in [0.2, 0.25) is 0 Å². The molecule has 0 saturated heterocycles. The molecule has 0 aromatic carbocycles. The maximum absolute atomic E-state index is 10.8. The van der Waals surface area contributed by atoms with Gasteiger partial charge >= 0.3 is 12.2 Å². The number of hydrogen-bond acceptors (Lipinski definition) is 4. The third-order valence-electron chi connectivity index (χ3n) is 1.45. The summed E-state index contributed by atoms with van der Waals surface area (Å²) in [5.74, 6) is 0. The van der Waals surface area contributed by atoms with E-state index in [9.17, 15) is 9.59 Å². The normalized spacial score (nSPS) is 10.3. The molecule has 0 aliphatic rings. The highest BCUT2D eigenvalue weighted by Crippen LogP contribution is 1.96. The van der Waals surface area contributed by atoms with E-state index in [2.05, 4.69) is 19.7 Å². The highest BCUT2D eigenvalue weighted by Gasteiger charge is 2.02. The number of unbranched alkanes of at least 4 members (excludes halogenated alkanes) is 2. The summed E-state index contributed by atoms with van der Waals surface area (Å²) in [6.07, 6.45) is 1.07. The maximum atomic E-state index is 10.8. The van der Waals surface area contributed by atoms with Crippen LogP contribution in [-0.2, 0) is 9.47 Å². The van der Waals surface area contributed by atoms with E-state index < -0.39 is 12.2 Å². The average molecular weight is 216 g/mol. The van der Waals surface area contributed by atoms with E-state index >= 15 is 0 Å². The summed E-state index contributed by atoms with van der Waals surface area (Å²) in [7, 11) is 0. The summed E-state index contributed by atoms with van der Waals surface area (Å²) >= 11 is 0. The molecule has 0 saturated carbocycles. The first kappa shape index (κ1) is 13.5. The molecule has 2 amide bonds. The van der Waals surface area contributed by atoms with Gasteiger partial charge < -0.3 is 9.47 Å². The lowest BCUT2D eigenvalue weighted by Gasteiger charge is -1.98. The van der Waals surface area contributed by atoms with Crippen molar-refractivity contribution < 1.29 is 19.1 Å². The average Bonchev–Trinajstić information content (AvgIpc) is 2.22. The molecule has 15 heavy (non-hydrogen) atoms. The Hall–Kier alpha value is -1.46. The van der Waals surface area contributed by atoms with Crippen LogP contribution in [-0.4, -0.2) is 25.4 Å². The number of rotatable bonds is 5. The van der Waals surface area contributed by atoms with Gasteiger partial charge in [-0.05, 0) is 13.3 Å². The summed E-state index contributed by atoms with van der Waals surface area (Å²) in [4.78, 5) is 21.5. The monoisotopic (exact) mass is 216 g/mol. The lowest BCUT2D eigenvalue weighted by atomic mass is 10.3. The summed E-state index contributed by atoms with van der Waals surface area (Å²) in [5.41, 5.74) is 0. The summed E-state index contributed by atoms with van der Waals surface area (Å²) in [6.45, 7) is 4.18. The van der Waals surface area contributed by atoms with Crippen LogP contribution in [0.25, 0.3) is 0 Å². The van der Waals surface area contributed by atoms with Crippen LogP contribution < -0.4 is 0 Å². The van der Waals surface area contributed by atoms with Crippen LogP contribution in [0, 0.1) is 0 Å².